The van der Waals surface area contributed by atoms with E-state index in [0.29, 0.717) is 5.56 Å². The summed E-state index contributed by atoms with van der Waals surface area (Å²) in [5.74, 6) is -0.127. The largest absolute Gasteiger partial charge is 0.398 e. The third kappa shape index (κ3) is 4.98. The first-order valence-electron chi connectivity index (χ1n) is 8.94. The Kier molecular flexibility index (Phi) is 6.66. The number of benzene rings is 2. The van der Waals surface area contributed by atoms with Crippen molar-refractivity contribution < 1.29 is 31.0 Å². The molecule has 13 heteroatoms. The highest BCUT2D eigenvalue weighted by Gasteiger charge is 2.26. The molecule has 1 heterocycles. The Labute approximate surface area is 183 Å². The summed E-state index contributed by atoms with van der Waals surface area (Å²) in [6, 6.07) is 6.84. The van der Waals surface area contributed by atoms with Crippen molar-refractivity contribution in [2.75, 3.05) is 12.3 Å². The lowest BCUT2D eigenvalue weighted by atomic mass is 9.99. The van der Waals surface area contributed by atoms with E-state index in [0.717, 1.165) is 12.7 Å². The van der Waals surface area contributed by atoms with Crippen LogP contribution in [0, 0.1) is 0 Å². The van der Waals surface area contributed by atoms with Gasteiger partial charge in [0.25, 0.3) is 20.2 Å². The fourth-order valence-corrected chi connectivity index (χ4v) is 4.68. The number of nitrogen functional groups attached to an aromatic ring is 1. The summed E-state index contributed by atoms with van der Waals surface area (Å²) < 4.78 is 67.3. The highest BCUT2D eigenvalue weighted by molar-refractivity contribution is 7.86. The third-order valence-electron chi connectivity index (χ3n) is 4.43. The van der Waals surface area contributed by atoms with Crippen molar-refractivity contribution in [3.8, 4) is 11.4 Å². The SMILES string of the molecule is Nc1c(CCO)cc(C=Cc2ccccc2S(=O)(=O)O)c(S(=O)(=O)O)c1-c1ncncn1. The van der Waals surface area contributed by atoms with Crippen LogP contribution in [0.5, 0.6) is 0 Å². The number of aromatic nitrogens is 3. The topological polar surface area (TPSA) is 194 Å². The first-order chi connectivity index (χ1) is 15.0. The molecule has 1 aromatic heterocycles. The summed E-state index contributed by atoms with van der Waals surface area (Å²) in [5, 5.41) is 9.38. The molecule has 0 unspecified atom stereocenters. The Morgan fingerprint density at radius 3 is 2.16 bits per heavy atom. The smallest absolute Gasteiger partial charge is 0.295 e. The Bertz CT molecular complexity index is 1390. The van der Waals surface area contributed by atoms with Gasteiger partial charge in [-0.2, -0.15) is 16.8 Å². The standard InChI is InChI=1S/C19H18N4O7S2/c20-17-13(7-8-24)9-14(6-5-12-3-1-2-4-15(12)31(25,26)27)18(32(28,29)30)16(17)19-22-10-21-11-23-19/h1-6,9-11,24H,7-8,20H2,(H,25,26,27)(H,28,29,30). The molecule has 0 saturated carbocycles. The Morgan fingerprint density at radius 2 is 1.56 bits per heavy atom. The molecule has 0 spiro atoms. The van der Waals surface area contributed by atoms with E-state index in [-0.39, 0.29) is 41.2 Å². The molecular formula is C19H18N4O7S2. The number of hydrogen-bond acceptors (Lipinski definition) is 9. The summed E-state index contributed by atoms with van der Waals surface area (Å²) in [7, 11) is -9.42. The Hall–Kier alpha value is -3.23. The zero-order chi connectivity index (χ0) is 23.5. The second-order valence-electron chi connectivity index (χ2n) is 6.50. The molecule has 0 aliphatic rings. The molecule has 0 atom stereocenters. The lowest BCUT2D eigenvalue weighted by molar-refractivity contribution is 0.300. The minimum absolute atomic E-state index is 0.0537. The van der Waals surface area contributed by atoms with Crippen LogP contribution in [0.3, 0.4) is 0 Å². The van der Waals surface area contributed by atoms with Crippen LogP contribution < -0.4 is 5.73 Å². The number of anilines is 1. The zero-order valence-electron chi connectivity index (χ0n) is 16.3. The summed E-state index contributed by atoms with van der Waals surface area (Å²) >= 11 is 0. The Morgan fingerprint density at radius 1 is 0.938 bits per heavy atom. The lowest BCUT2D eigenvalue weighted by Crippen LogP contribution is -2.11. The van der Waals surface area contributed by atoms with Gasteiger partial charge in [0.2, 0.25) is 0 Å². The molecule has 0 bridgehead atoms. The molecular weight excluding hydrogens is 460 g/mol. The second-order valence-corrected chi connectivity index (χ2v) is 9.25. The van der Waals surface area contributed by atoms with E-state index in [9.17, 15) is 31.0 Å². The number of nitrogens with two attached hydrogens (primary N) is 1. The molecule has 2 aromatic carbocycles. The molecule has 3 aromatic rings. The van der Waals surface area contributed by atoms with Crippen molar-refractivity contribution in [2.45, 2.75) is 16.2 Å². The second kappa shape index (κ2) is 9.10. The first kappa shape index (κ1) is 23.4. The van der Waals surface area contributed by atoms with E-state index in [2.05, 4.69) is 15.0 Å². The number of nitrogens with zero attached hydrogens (tertiary/aromatic N) is 3. The van der Waals surface area contributed by atoms with Crippen LogP contribution in [0.4, 0.5) is 5.69 Å². The summed E-state index contributed by atoms with van der Waals surface area (Å²) in [6.07, 6.45) is 4.78. The van der Waals surface area contributed by atoms with Gasteiger partial charge in [0.1, 0.15) is 22.4 Å². The van der Waals surface area contributed by atoms with E-state index in [1.165, 1.54) is 42.5 Å². The van der Waals surface area contributed by atoms with Crippen LogP contribution in [0.2, 0.25) is 0 Å². The van der Waals surface area contributed by atoms with E-state index >= 15 is 0 Å². The minimum atomic E-state index is -4.87. The maximum Gasteiger partial charge on any atom is 0.295 e. The van der Waals surface area contributed by atoms with E-state index in [1.54, 1.807) is 0 Å². The maximum absolute atomic E-state index is 12.3. The van der Waals surface area contributed by atoms with Crippen LogP contribution in [0.1, 0.15) is 16.7 Å². The molecule has 168 valence electrons. The fourth-order valence-electron chi connectivity index (χ4n) is 3.11. The number of rotatable bonds is 7. The van der Waals surface area contributed by atoms with Crippen LogP contribution in [-0.2, 0) is 26.7 Å². The van der Waals surface area contributed by atoms with Gasteiger partial charge in [-0.25, -0.2) is 15.0 Å². The molecule has 0 fully saturated rings. The number of aliphatic hydroxyl groups excluding tert-OH is 1. The normalized spacial score (nSPS) is 12.3. The molecule has 0 radical (unpaired) electrons. The van der Waals surface area contributed by atoms with Gasteiger partial charge in [0.15, 0.2) is 5.82 Å². The van der Waals surface area contributed by atoms with E-state index in [1.807, 2.05) is 0 Å². The van der Waals surface area contributed by atoms with E-state index < -0.39 is 30.0 Å². The molecule has 0 amide bonds. The molecule has 11 nitrogen and oxygen atoms in total. The summed E-state index contributed by atoms with van der Waals surface area (Å²) in [5.41, 5.74) is 6.23. The molecule has 0 aliphatic heterocycles. The lowest BCUT2D eigenvalue weighted by Gasteiger charge is -2.16. The molecule has 0 saturated heterocycles. The summed E-state index contributed by atoms with van der Waals surface area (Å²) in [6.45, 7) is -0.305. The third-order valence-corrected chi connectivity index (χ3v) is 6.31. The number of hydrogen-bond donors (Lipinski definition) is 4. The molecule has 5 N–H and O–H groups in total. The van der Waals surface area contributed by atoms with Crippen LogP contribution in [-0.4, -0.2) is 52.6 Å². The van der Waals surface area contributed by atoms with Gasteiger partial charge in [-0.1, -0.05) is 30.4 Å². The average molecular weight is 479 g/mol. The predicted octanol–water partition coefficient (Wildman–Crippen LogP) is 1.32. The van der Waals surface area contributed by atoms with Gasteiger partial charge in [0, 0.05) is 12.3 Å². The molecule has 0 aliphatic carbocycles. The van der Waals surface area contributed by atoms with Crippen molar-refractivity contribution in [3.63, 3.8) is 0 Å². The van der Waals surface area contributed by atoms with Crippen LogP contribution >= 0.6 is 0 Å². The molecule has 3 rings (SSSR count). The Balaban J connectivity index is 2.34. The zero-order valence-corrected chi connectivity index (χ0v) is 18.0. The average Bonchev–Trinajstić information content (AvgIpc) is 2.73. The van der Waals surface area contributed by atoms with Crippen molar-refractivity contribution >= 4 is 38.1 Å². The van der Waals surface area contributed by atoms with Gasteiger partial charge in [-0.05, 0) is 35.2 Å². The van der Waals surface area contributed by atoms with Gasteiger partial charge in [-0.15, -0.1) is 0 Å². The molecule has 32 heavy (non-hydrogen) atoms. The quantitative estimate of drug-likeness (QED) is 0.217. The van der Waals surface area contributed by atoms with Gasteiger partial charge < -0.3 is 10.8 Å². The number of aliphatic hydroxyl groups is 1. The van der Waals surface area contributed by atoms with Crippen LogP contribution in [0.25, 0.3) is 23.5 Å². The van der Waals surface area contributed by atoms with Gasteiger partial charge >= 0.3 is 0 Å². The highest BCUT2D eigenvalue weighted by atomic mass is 32.2. The summed E-state index contributed by atoms with van der Waals surface area (Å²) in [4.78, 5) is 10.5. The minimum Gasteiger partial charge on any atom is -0.398 e. The van der Waals surface area contributed by atoms with Crippen molar-refractivity contribution in [1.82, 2.24) is 15.0 Å². The van der Waals surface area contributed by atoms with Gasteiger partial charge in [-0.3, -0.25) is 9.11 Å². The van der Waals surface area contributed by atoms with Crippen molar-refractivity contribution in [2.24, 2.45) is 0 Å². The van der Waals surface area contributed by atoms with Crippen molar-refractivity contribution in [1.29, 1.82) is 0 Å². The monoisotopic (exact) mass is 478 g/mol. The predicted molar refractivity (Wildman–Crippen MR) is 115 cm³/mol. The fraction of sp³-hybridized carbons (Fsp3) is 0.105. The van der Waals surface area contributed by atoms with E-state index in [4.69, 9.17) is 5.73 Å². The highest BCUT2D eigenvalue weighted by Crippen LogP contribution is 2.37. The van der Waals surface area contributed by atoms with Crippen molar-refractivity contribution in [3.05, 3.63) is 59.7 Å². The maximum atomic E-state index is 12.3. The van der Waals surface area contributed by atoms with Gasteiger partial charge in [0.05, 0.1) is 5.56 Å². The van der Waals surface area contributed by atoms with Crippen LogP contribution in [0.15, 0.2) is 52.8 Å². The first-order valence-corrected chi connectivity index (χ1v) is 11.8.